The van der Waals surface area contributed by atoms with Crippen LogP contribution in [0.3, 0.4) is 0 Å². The number of rotatable bonds is 4. The Morgan fingerprint density at radius 1 is 1.39 bits per heavy atom. The highest BCUT2D eigenvalue weighted by molar-refractivity contribution is 9.10. The van der Waals surface area contributed by atoms with E-state index in [4.69, 9.17) is 4.42 Å². The number of halogens is 1. The lowest BCUT2D eigenvalue weighted by Crippen LogP contribution is -2.47. The van der Waals surface area contributed by atoms with Crippen molar-refractivity contribution >= 4 is 27.8 Å². The second-order valence-corrected chi connectivity index (χ2v) is 6.39. The number of carbonyl (C=O) groups is 2. The minimum atomic E-state index is -0.966. The number of aliphatic carboxylic acids is 1. The molecule has 1 amide bonds. The molecule has 1 aliphatic rings. The van der Waals surface area contributed by atoms with Crippen LogP contribution in [0.4, 0.5) is 0 Å². The summed E-state index contributed by atoms with van der Waals surface area (Å²) in [6.45, 7) is 0.846. The average molecular weight is 382 g/mol. The van der Waals surface area contributed by atoms with Gasteiger partial charge in [0.1, 0.15) is 11.8 Å². The number of furan rings is 1. The molecule has 3 rings (SSSR count). The highest BCUT2D eigenvalue weighted by Crippen LogP contribution is 2.21. The molecule has 0 unspecified atom stereocenters. The minimum Gasteiger partial charge on any atom is -0.480 e. The fourth-order valence-electron chi connectivity index (χ4n) is 2.74. The summed E-state index contributed by atoms with van der Waals surface area (Å²) in [4.78, 5) is 25.2. The van der Waals surface area contributed by atoms with Crippen LogP contribution in [0.15, 0.2) is 33.4 Å². The summed E-state index contributed by atoms with van der Waals surface area (Å²) in [6, 6.07) is 2.53. The summed E-state index contributed by atoms with van der Waals surface area (Å²) in [7, 11) is 0. The Hall–Kier alpha value is -2.09. The summed E-state index contributed by atoms with van der Waals surface area (Å²) >= 11 is 3.32. The molecule has 1 N–H and O–H groups in total. The van der Waals surface area contributed by atoms with Gasteiger partial charge in [-0.1, -0.05) is 0 Å². The van der Waals surface area contributed by atoms with Crippen molar-refractivity contribution in [1.29, 1.82) is 0 Å². The first-order valence-corrected chi connectivity index (χ1v) is 8.14. The number of piperidine rings is 1. The van der Waals surface area contributed by atoms with Gasteiger partial charge in [0.15, 0.2) is 5.76 Å². The van der Waals surface area contributed by atoms with E-state index in [1.54, 1.807) is 29.2 Å². The first-order valence-electron chi connectivity index (χ1n) is 7.35. The molecule has 1 aliphatic heterocycles. The number of likely N-dealkylation sites (tertiary alicyclic amines) is 1. The van der Waals surface area contributed by atoms with Crippen LogP contribution in [0, 0.1) is 0 Å². The first-order chi connectivity index (χ1) is 11.0. The lowest BCUT2D eigenvalue weighted by molar-refractivity contribution is -0.143. The van der Waals surface area contributed by atoms with Crippen LogP contribution >= 0.6 is 15.9 Å². The van der Waals surface area contributed by atoms with Crippen LogP contribution in [0.2, 0.25) is 0 Å². The molecule has 0 aliphatic carbocycles. The van der Waals surface area contributed by atoms with Gasteiger partial charge in [0.2, 0.25) is 0 Å². The first kappa shape index (κ1) is 15.8. The van der Waals surface area contributed by atoms with E-state index in [2.05, 4.69) is 21.0 Å². The van der Waals surface area contributed by atoms with Gasteiger partial charge in [0.05, 0.1) is 17.2 Å². The maximum absolute atomic E-state index is 12.5. The van der Waals surface area contributed by atoms with Crippen molar-refractivity contribution in [3.05, 3.63) is 40.5 Å². The van der Waals surface area contributed by atoms with E-state index in [1.165, 1.54) is 4.90 Å². The van der Waals surface area contributed by atoms with Crippen LogP contribution in [-0.2, 0) is 11.3 Å². The Morgan fingerprint density at radius 3 is 2.91 bits per heavy atom. The van der Waals surface area contributed by atoms with Crippen molar-refractivity contribution in [1.82, 2.24) is 14.7 Å². The van der Waals surface area contributed by atoms with Gasteiger partial charge in [-0.3, -0.25) is 9.48 Å². The number of carboxylic acid groups (broad SMARTS) is 1. The van der Waals surface area contributed by atoms with Crippen LogP contribution in [0.5, 0.6) is 0 Å². The van der Waals surface area contributed by atoms with Gasteiger partial charge in [0.25, 0.3) is 5.91 Å². The molecule has 1 saturated heterocycles. The molecular weight excluding hydrogens is 366 g/mol. The SMILES string of the molecule is O=C(O)[C@H]1CCCCN1C(=O)c1ccc(Cn2cc(Br)cn2)o1. The molecule has 0 bridgehead atoms. The van der Waals surface area contributed by atoms with Crippen LogP contribution in [0.25, 0.3) is 0 Å². The predicted molar refractivity (Wildman–Crippen MR) is 84.0 cm³/mol. The van der Waals surface area contributed by atoms with Gasteiger partial charge in [-0.25, -0.2) is 4.79 Å². The monoisotopic (exact) mass is 381 g/mol. The number of carbonyl (C=O) groups excluding carboxylic acids is 1. The molecule has 7 nitrogen and oxygen atoms in total. The van der Waals surface area contributed by atoms with E-state index in [9.17, 15) is 14.7 Å². The number of aromatic nitrogens is 2. The topological polar surface area (TPSA) is 88.6 Å². The molecule has 2 aromatic rings. The fourth-order valence-corrected chi connectivity index (χ4v) is 3.06. The molecule has 1 atom stereocenters. The number of amides is 1. The molecule has 2 aromatic heterocycles. The van der Waals surface area contributed by atoms with Gasteiger partial charge >= 0.3 is 5.97 Å². The summed E-state index contributed by atoms with van der Waals surface area (Å²) in [5.74, 6) is -0.580. The normalized spacial score (nSPS) is 18.1. The number of carboxylic acids is 1. The zero-order chi connectivity index (χ0) is 16.4. The third-order valence-electron chi connectivity index (χ3n) is 3.84. The quantitative estimate of drug-likeness (QED) is 0.877. The smallest absolute Gasteiger partial charge is 0.326 e. The highest BCUT2D eigenvalue weighted by atomic mass is 79.9. The zero-order valence-electron chi connectivity index (χ0n) is 12.3. The summed E-state index contributed by atoms with van der Waals surface area (Å²) in [5, 5.41) is 13.4. The number of hydrogen-bond acceptors (Lipinski definition) is 4. The summed E-state index contributed by atoms with van der Waals surface area (Å²) in [5.41, 5.74) is 0. The van der Waals surface area contributed by atoms with E-state index in [1.807, 2.05) is 0 Å². The molecule has 23 heavy (non-hydrogen) atoms. The van der Waals surface area contributed by atoms with Crippen molar-refractivity contribution in [3.63, 3.8) is 0 Å². The van der Waals surface area contributed by atoms with Crippen molar-refractivity contribution < 1.29 is 19.1 Å². The average Bonchev–Trinajstić information content (AvgIpc) is 3.16. The summed E-state index contributed by atoms with van der Waals surface area (Å²) < 4.78 is 8.12. The Balaban J connectivity index is 1.73. The predicted octanol–water partition coefficient (Wildman–Crippen LogP) is 2.37. The molecule has 3 heterocycles. The van der Waals surface area contributed by atoms with Gasteiger partial charge in [-0.2, -0.15) is 5.10 Å². The molecule has 0 radical (unpaired) electrons. The van der Waals surface area contributed by atoms with Gasteiger partial charge < -0.3 is 14.4 Å². The standard InChI is InChI=1S/C15H16BrN3O4/c16-10-7-17-18(8-10)9-11-4-5-13(23-11)14(20)19-6-2-1-3-12(19)15(21)22/h4-5,7-8,12H,1-3,6,9H2,(H,21,22)/t12-/m1/s1. The maximum atomic E-state index is 12.5. The van der Waals surface area contributed by atoms with Crippen molar-refractivity contribution in [3.8, 4) is 0 Å². The third kappa shape index (κ3) is 3.47. The number of hydrogen-bond donors (Lipinski definition) is 1. The van der Waals surface area contributed by atoms with Crippen LogP contribution < -0.4 is 0 Å². The third-order valence-corrected chi connectivity index (χ3v) is 4.25. The number of nitrogens with zero attached hydrogens (tertiary/aromatic N) is 3. The summed E-state index contributed by atoms with van der Waals surface area (Å²) in [6.07, 6.45) is 5.58. The van der Waals surface area contributed by atoms with Gasteiger partial charge in [-0.05, 0) is 47.3 Å². The highest BCUT2D eigenvalue weighted by Gasteiger charge is 2.33. The fraction of sp³-hybridized carbons (Fsp3) is 0.400. The largest absolute Gasteiger partial charge is 0.480 e. The van der Waals surface area contributed by atoms with Gasteiger partial charge in [-0.15, -0.1) is 0 Å². The molecule has 8 heteroatoms. The minimum absolute atomic E-state index is 0.166. The molecule has 0 spiro atoms. The Bertz CT molecular complexity index is 724. The van der Waals surface area contributed by atoms with E-state index in [0.717, 1.165) is 17.3 Å². The molecule has 122 valence electrons. The maximum Gasteiger partial charge on any atom is 0.326 e. The lowest BCUT2D eigenvalue weighted by Gasteiger charge is -2.32. The van der Waals surface area contributed by atoms with Crippen molar-refractivity contribution in [2.24, 2.45) is 0 Å². The molecule has 1 fully saturated rings. The Kier molecular flexibility index (Phi) is 4.51. The Labute approximate surface area is 141 Å². The molecule has 0 saturated carbocycles. The van der Waals surface area contributed by atoms with E-state index < -0.39 is 12.0 Å². The van der Waals surface area contributed by atoms with E-state index in [0.29, 0.717) is 25.3 Å². The van der Waals surface area contributed by atoms with E-state index in [-0.39, 0.29) is 11.7 Å². The van der Waals surface area contributed by atoms with Crippen LogP contribution in [0.1, 0.15) is 35.6 Å². The molecule has 0 aromatic carbocycles. The van der Waals surface area contributed by atoms with E-state index >= 15 is 0 Å². The van der Waals surface area contributed by atoms with Crippen molar-refractivity contribution in [2.45, 2.75) is 31.8 Å². The lowest BCUT2D eigenvalue weighted by atomic mass is 10.0. The molecular formula is C15H16BrN3O4. The van der Waals surface area contributed by atoms with Crippen LogP contribution in [-0.4, -0.2) is 44.3 Å². The van der Waals surface area contributed by atoms with Crippen molar-refractivity contribution in [2.75, 3.05) is 6.54 Å². The second kappa shape index (κ2) is 6.57. The van der Waals surface area contributed by atoms with Gasteiger partial charge in [0, 0.05) is 12.7 Å². The Morgan fingerprint density at radius 2 is 2.22 bits per heavy atom. The second-order valence-electron chi connectivity index (χ2n) is 5.47. The zero-order valence-corrected chi connectivity index (χ0v) is 13.9.